The molecule has 0 atom stereocenters. The molecule has 0 heterocycles. The molecule has 0 aromatic heterocycles. The molecule has 35 valence electrons. The van der Waals surface area contributed by atoms with Crippen LogP contribution in [0.1, 0.15) is 0 Å². The van der Waals surface area contributed by atoms with Gasteiger partial charge in [0.25, 0.3) is 0 Å². The molecule has 0 bridgehead atoms. The first kappa shape index (κ1) is 6.68. The van der Waals surface area contributed by atoms with Crippen molar-refractivity contribution in [1.82, 2.24) is 0 Å². The van der Waals surface area contributed by atoms with E-state index >= 15 is 0 Å². The molecule has 0 aromatic rings. The first-order valence-electron chi connectivity index (χ1n) is 1.33. The summed E-state index contributed by atoms with van der Waals surface area (Å²) in [6, 6.07) is 0. The second-order valence-corrected chi connectivity index (χ2v) is 2.12. The zero-order chi connectivity index (χ0) is 5.54. The fourth-order valence-corrected chi connectivity index (χ4v) is 0.604. The second-order valence-electron chi connectivity index (χ2n) is 0.515. The zero-order valence-electron chi connectivity index (χ0n) is 3.29. The van der Waals surface area contributed by atoms with Crippen molar-refractivity contribution in [3.8, 4) is 10.8 Å². The van der Waals surface area contributed by atoms with E-state index in [4.69, 9.17) is 10.5 Å². The van der Waals surface area contributed by atoms with Crippen LogP contribution in [0.4, 0.5) is 0 Å². The highest BCUT2D eigenvalue weighted by molar-refractivity contribution is 8.23. The molecule has 0 aliphatic carbocycles. The van der Waals surface area contributed by atoms with E-state index in [-0.39, 0.29) is 0 Å². The Kier molecular flexibility index (Phi) is 5.42. The first-order valence-corrected chi connectivity index (χ1v) is 3.09. The molecule has 0 saturated heterocycles. The molecule has 2 nitrogen and oxygen atoms in total. The van der Waals surface area contributed by atoms with Crippen molar-refractivity contribution >= 4 is 23.5 Å². The average Bonchev–Trinajstić information content (AvgIpc) is 1.69. The van der Waals surface area contributed by atoms with E-state index < -0.39 is 0 Å². The highest BCUT2D eigenvalue weighted by atomic mass is 32.2. The monoisotopic (exact) mass is 129 g/mol. The molecule has 0 fully saturated rings. The third-order valence-corrected chi connectivity index (χ3v) is 1.18. The van der Waals surface area contributed by atoms with Gasteiger partial charge in [0, 0.05) is 0 Å². The summed E-state index contributed by atoms with van der Waals surface area (Å²) in [5.41, 5.74) is 0. The molecule has 0 aromatic carbocycles. The molecule has 0 rings (SSSR count). The van der Waals surface area contributed by atoms with Crippen molar-refractivity contribution in [3.63, 3.8) is 0 Å². The highest BCUT2D eigenvalue weighted by Crippen LogP contribution is 2.13. The van der Waals surface area contributed by atoms with Gasteiger partial charge in [-0.15, -0.1) is 0 Å². The van der Waals surface area contributed by atoms with Crippen LogP contribution in [0.15, 0.2) is 0 Å². The van der Waals surface area contributed by atoms with Crippen molar-refractivity contribution in [2.75, 3.05) is 0 Å². The fourth-order valence-electron chi connectivity index (χ4n) is 0.0671. The molecule has 0 saturated carbocycles. The summed E-state index contributed by atoms with van der Waals surface area (Å²) in [6.45, 7) is 0. The lowest BCUT2D eigenvalue weighted by molar-refractivity contribution is 1.57. The third kappa shape index (κ3) is 5.68. The van der Waals surface area contributed by atoms with E-state index in [1.165, 1.54) is 5.08 Å². The van der Waals surface area contributed by atoms with Crippen molar-refractivity contribution in [1.29, 1.82) is 10.5 Å². The Morgan fingerprint density at radius 2 is 1.57 bits per heavy atom. The summed E-state index contributed by atoms with van der Waals surface area (Å²) in [7, 11) is 0. The maximum atomic E-state index is 7.85. The molecule has 0 unspecified atom stereocenters. The van der Waals surface area contributed by atoms with E-state index in [0.717, 1.165) is 23.5 Å². The minimum absolute atomic E-state index is 0.954. The van der Waals surface area contributed by atoms with Crippen LogP contribution >= 0.6 is 23.5 Å². The van der Waals surface area contributed by atoms with E-state index in [1.807, 2.05) is 0 Å². The molecule has 0 N–H and O–H groups in total. The van der Waals surface area contributed by atoms with Crippen molar-refractivity contribution in [2.45, 2.75) is 0 Å². The number of nitriles is 2. The quantitative estimate of drug-likeness (QED) is 0.419. The smallest absolute Gasteiger partial charge is 0.134 e. The third-order valence-electron chi connectivity index (χ3n) is 0.202. The minimum atomic E-state index is 0.954. The van der Waals surface area contributed by atoms with Gasteiger partial charge in [0.05, 0.1) is 0 Å². The topological polar surface area (TPSA) is 47.6 Å². The molecule has 0 aliphatic rings. The van der Waals surface area contributed by atoms with E-state index in [9.17, 15) is 0 Å². The lowest BCUT2D eigenvalue weighted by atomic mass is 11.8. The van der Waals surface area contributed by atoms with Gasteiger partial charge < -0.3 is 0 Å². The Hall–Kier alpha value is -0.320. The van der Waals surface area contributed by atoms with Crippen molar-refractivity contribution < 1.29 is 0 Å². The molecule has 4 heteroatoms. The highest BCUT2D eigenvalue weighted by Gasteiger charge is 1.81. The van der Waals surface area contributed by atoms with Gasteiger partial charge in [-0.2, -0.15) is 10.5 Å². The second kappa shape index (κ2) is 5.68. The van der Waals surface area contributed by atoms with Crippen molar-refractivity contribution in [2.24, 2.45) is 0 Å². The summed E-state index contributed by atoms with van der Waals surface area (Å²) >= 11 is 1.91. The Morgan fingerprint density at radius 1 is 1.14 bits per heavy atom. The van der Waals surface area contributed by atoms with Gasteiger partial charge >= 0.3 is 0 Å². The Bertz CT molecular complexity index is 95.1. The Morgan fingerprint density at radius 3 is 1.86 bits per heavy atom. The van der Waals surface area contributed by atoms with Crippen LogP contribution < -0.4 is 0 Å². The molecule has 1 radical (unpaired) electrons. The van der Waals surface area contributed by atoms with Gasteiger partial charge in [0.2, 0.25) is 0 Å². The number of nitrogens with zero attached hydrogens (tertiary/aromatic N) is 2. The molecular weight excluding hydrogens is 128 g/mol. The predicted octanol–water partition coefficient (Wildman–Crippen LogP) is 1.53. The van der Waals surface area contributed by atoms with Crippen LogP contribution in [0.3, 0.4) is 0 Å². The molecule has 7 heavy (non-hydrogen) atoms. The summed E-state index contributed by atoms with van der Waals surface area (Å²) in [6.07, 6.45) is 0. The number of hydrogen-bond acceptors (Lipinski definition) is 4. The molecule has 0 amide bonds. The molecule has 0 spiro atoms. The lowest BCUT2D eigenvalue weighted by Gasteiger charge is -1.73. The SMILES string of the molecule is N#CS[CH]SC#N. The normalized spacial score (nSPS) is 6.57. The maximum absolute atomic E-state index is 7.85. The van der Waals surface area contributed by atoms with Crippen LogP contribution in [-0.2, 0) is 0 Å². The standard InChI is InChI=1S/C3HN2S2/c4-1-6-3-7-2-5/h3H. The van der Waals surface area contributed by atoms with Crippen LogP contribution in [0.2, 0.25) is 0 Å². The average molecular weight is 129 g/mol. The summed E-state index contributed by atoms with van der Waals surface area (Å²) < 4.78 is 0. The van der Waals surface area contributed by atoms with Crippen molar-refractivity contribution in [3.05, 3.63) is 5.08 Å². The van der Waals surface area contributed by atoms with Gasteiger partial charge in [-0.3, -0.25) is 0 Å². The Labute approximate surface area is 50.5 Å². The van der Waals surface area contributed by atoms with Crippen LogP contribution in [0.5, 0.6) is 0 Å². The number of hydrogen-bond donors (Lipinski definition) is 0. The zero-order valence-corrected chi connectivity index (χ0v) is 4.92. The van der Waals surface area contributed by atoms with Gasteiger partial charge in [0.15, 0.2) is 0 Å². The number of thiocyanates is 2. The molecule has 0 aliphatic heterocycles. The van der Waals surface area contributed by atoms with Crippen LogP contribution in [0, 0.1) is 26.4 Å². The van der Waals surface area contributed by atoms with Crippen LogP contribution in [0.25, 0.3) is 0 Å². The number of rotatable bonds is 2. The van der Waals surface area contributed by atoms with Gasteiger partial charge in [-0.1, -0.05) is 0 Å². The van der Waals surface area contributed by atoms with Crippen LogP contribution in [-0.4, -0.2) is 0 Å². The van der Waals surface area contributed by atoms with E-state index in [0.29, 0.717) is 0 Å². The first-order chi connectivity index (χ1) is 3.41. The fraction of sp³-hybridized carbons (Fsp3) is 0. The lowest BCUT2D eigenvalue weighted by Crippen LogP contribution is -1.46. The summed E-state index contributed by atoms with van der Waals surface area (Å²) in [5.74, 6) is 0. The Balaban J connectivity index is 2.77. The summed E-state index contributed by atoms with van der Waals surface area (Å²) in [5, 5.41) is 20.8. The maximum Gasteiger partial charge on any atom is 0.134 e. The van der Waals surface area contributed by atoms with E-state index in [1.54, 1.807) is 10.8 Å². The number of thioether (sulfide) groups is 2. The van der Waals surface area contributed by atoms with Gasteiger partial charge in [0.1, 0.15) is 15.9 Å². The predicted molar refractivity (Wildman–Crippen MR) is 30.7 cm³/mol. The van der Waals surface area contributed by atoms with E-state index in [2.05, 4.69) is 0 Å². The molecular formula is C3HN2S2. The van der Waals surface area contributed by atoms with Gasteiger partial charge in [-0.25, -0.2) is 0 Å². The van der Waals surface area contributed by atoms with Gasteiger partial charge in [-0.05, 0) is 23.5 Å². The minimum Gasteiger partial charge on any atom is -0.185 e. The summed E-state index contributed by atoms with van der Waals surface area (Å²) in [4.78, 5) is 0. The largest absolute Gasteiger partial charge is 0.185 e.